The van der Waals surface area contributed by atoms with Crippen LogP contribution in [-0.2, 0) is 9.47 Å². The van der Waals surface area contributed by atoms with Crippen LogP contribution in [0.25, 0.3) is 22.5 Å². The normalized spacial score (nSPS) is 24.1. The second-order valence-electron chi connectivity index (χ2n) is 7.76. The molecular weight excluding hydrogens is 369 g/mol. The lowest BCUT2D eigenvalue weighted by Crippen LogP contribution is -2.39. The van der Waals surface area contributed by atoms with Crippen LogP contribution in [0.1, 0.15) is 31.4 Å². The van der Waals surface area contributed by atoms with Crippen LogP contribution >= 0.6 is 0 Å². The van der Waals surface area contributed by atoms with Gasteiger partial charge >= 0.3 is 0 Å². The van der Waals surface area contributed by atoms with Gasteiger partial charge in [-0.3, -0.25) is 4.98 Å². The second kappa shape index (κ2) is 7.54. The minimum absolute atomic E-state index is 0.0750. The fourth-order valence-electron chi connectivity index (χ4n) is 4.00. The number of nitrogens with one attached hydrogen (secondary N) is 1. The van der Waals surface area contributed by atoms with Crippen LogP contribution in [0.3, 0.4) is 0 Å². The van der Waals surface area contributed by atoms with E-state index in [1.807, 2.05) is 12.1 Å². The number of allylic oxidation sites excluding steroid dienone is 2. The van der Waals surface area contributed by atoms with Crippen molar-refractivity contribution in [2.24, 2.45) is 5.41 Å². The summed E-state index contributed by atoms with van der Waals surface area (Å²) in [5.74, 6) is 0.345. The molecule has 0 radical (unpaired) electrons. The van der Waals surface area contributed by atoms with Crippen LogP contribution in [-0.4, -0.2) is 28.2 Å². The molecule has 5 rings (SSSR count). The molecule has 1 aliphatic carbocycles. The summed E-state index contributed by atoms with van der Waals surface area (Å²) in [5, 5.41) is 0. The molecule has 3 aromatic rings. The van der Waals surface area contributed by atoms with Gasteiger partial charge in [0.1, 0.15) is 5.82 Å². The number of ether oxygens (including phenoxy) is 2. The van der Waals surface area contributed by atoms with Gasteiger partial charge in [0.15, 0.2) is 5.82 Å². The summed E-state index contributed by atoms with van der Waals surface area (Å²) in [6.07, 6.45) is 10.5. The number of aromatic nitrogens is 3. The minimum atomic E-state index is -0.540. The highest BCUT2D eigenvalue weighted by Gasteiger charge is 2.38. The Morgan fingerprint density at radius 3 is 2.41 bits per heavy atom. The predicted octanol–water partition coefficient (Wildman–Crippen LogP) is 5.05. The number of hydrogen-bond acceptors (Lipinski definition) is 4. The molecule has 0 atom stereocenters. The van der Waals surface area contributed by atoms with Crippen molar-refractivity contribution in [3.8, 4) is 22.5 Å². The second-order valence-corrected chi connectivity index (χ2v) is 7.76. The molecule has 1 aliphatic heterocycles. The average Bonchev–Trinajstić information content (AvgIpc) is 3.21. The van der Waals surface area contributed by atoms with E-state index in [9.17, 15) is 4.39 Å². The zero-order chi connectivity index (χ0) is 19.7. The first-order valence-corrected chi connectivity index (χ1v) is 9.87. The Hall–Kier alpha value is -2.83. The van der Waals surface area contributed by atoms with Gasteiger partial charge in [-0.25, -0.2) is 9.37 Å². The molecule has 1 aromatic carbocycles. The van der Waals surface area contributed by atoms with E-state index >= 15 is 0 Å². The van der Waals surface area contributed by atoms with Crippen molar-refractivity contribution in [2.75, 3.05) is 13.2 Å². The fourth-order valence-corrected chi connectivity index (χ4v) is 4.00. The Labute approximate surface area is 168 Å². The molecule has 1 N–H and O–H groups in total. The number of H-pyrrole nitrogens is 1. The summed E-state index contributed by atoms with van der Waals surface area (Å²) in [6.45, 7) is 1.30. The average molecular weight is 391 g/mol. The maximum absolute atomic E-state index is 13.4. The molecule has 0 unspecified atom stereocenters. The lowest BCUT2D eigenvalue weighted by molar-refractivity contribution is -0.238. The van der Waals surface area contributed by atoms with Crippen molar-refractivity contribution < 1.29 is 13.9 Å². The molecular formula is C23H22FN3O2. The summed E-state index contributed by atoms with van der Waals surface area (Å²) in [7, 11) is 0. The van der Waals surface area contributed by atoms with Gasteiger partial charge in [0.2, 0.25) is 6.29 Å². The van der Waals surface area contributed by atoms with Crippen molar-refractivity contribution in [2.45, 2.75) is 25.6 Å². The van der Waals surface area contributed by atoms with Crippen LogP contribution in [0.15, 0.2) is 60.9 Å². The number of halogens is 1. The summed E-state index contributed by atoms with van der Waals surface area (Å²) >= 11 is 0. The van der Waals surface area contributed by atoms with Crippen molar-refractivity contribution in [1.82, 2.24) is 15.0 Å². The maximum atomic E-state index is 13.4. The zero-order valence-corrected chi connectivity index (χ0v) is 16.0. The highest BCUT2D eigenvalue weighted by atomic mass is 19.1. The smallest absolute Gasteiger partial charge is 0.217 e. The van der Waals surface area contributed by atoms with E-state index in [0.29, 0.717) is 19.0 Å². The molecule has 6 heteroatoms. The number of imidazole rings is 1. The number of nitrogens with zero attached hydrogens (tertiary/aromatic N) is 2. The van der Waals surface area contributed by atoms with E-state index in [1.54, 1.807) is 24.5 Å². The summed E-state index contributed by atoms with van der Waals surface area (Å²) in [5.41, 5.74) is 3.42. The van der Waals surface area contributed by atoms with Gasteiger partial charge in [-0.05, 0) is 55.7 Å². The van der Waals surface area contributed by atoms with Crippen LogP contribution in [0.4, 0.5) is 4.39 Å². The minimum Gasteiger partial charge on any atom is -0.345 e. The van der Waals surface area contributed by atoms with E-state index in [1.165, 1.54) is 12.1 Å². The highest BCUT2D eigenvalue weighted by Crippen LogP contribution is 2.40. The van der Waals surface area contributed by atoms with E-state index < -0.39 is 6.29 Å². The molecule has 2 aliphatic rings. The van der Waals surface area contributed by atoms with Crippen molar-refractivity contribution >= 4 is 0 Å². The summed E-state index contributed by atoms with van der Waals surface area (Å²) in [6, 6.07) is 10.2. The standard InChI is InChI=1S/C23H22FN3O2/c24-18-6-4-16(5-7-18)19-20(17-8-12-25-13-9-17)27-21(26-19)22-28-14-23(15-29-22)10-2-1-3-11-23/h1-2,4-9,12-13,22H,3,10-11,14-15H2,(H,26,27). The van der Waals surface area contributed by atoms with Gasteiger partial charge in [-0.1, -0.05) is 12.2 Å². The molecule has 0 bridgehead atoms. The Bertz CT molecular complexity index is 1010. The maximum Gasteiger partial charge on any atom is 0.217 e. The predicted molar refractivity (Wildman–Crippen MR) is 107 cm³/mol. The number of benzene rings is 1. The Morgan fingerprint density at radius 1 is 0.966 bits per heavy atom. The van der Waals surface area contributed by atoms with Gasteiger partial charge in [0.05, 0.1) is 24.6 Å². The summed E-state index contributed by atoms with van der Waals surface area (Å²) < 4.78 is 25.6. The van der Waals surface area contributed by atoms with E-state index in [0.717, 1.165) is 41.8 Å². The van der Waals surface area contributed by atoms with Crippen LogP contribution in [0.5, 0.6) is 0 Å². The third kappa shape index (κ3) is 3.61. The van der Waals surface area contributed by atoms with Crippen molar-refractivity contribution in [3.05, 3.63) is 72.6 Å². The molecule has 29 heavy (non-hydrogen) atoms. The third-order valence-electron chi connectivity index (χ3n) is 5.67. The molecule has 1 fully saturated rings. The largest absolute Gasteiger partial charge is 0.345 e. The first-order valence-electron chi connectivity index (χ1n) is 9.87. The molecule has 5 nitrogen and oxygen atoms in total. The first kappa shape index (κ1) is 18.2. The number of rotatable bonds is 3. The first-order chi connectivity index (χ1) is 14.2. The summed E-state index contributed by atoms with van der Waals surface area (Å²) in [4.78, 5) is 12.2. The van der Waals surface area contributed by atoms with Crippen LogP contribution < -0.4 is 0 Å². The molecule has 1 spiro atoms. The van der Waals surface area contributed by atoms with Crippen LogP contribution in [0.2, 0.25) is 0 Å². The molecule has 0 saturated carbocycles. The lowest BCUT2D eigenvalue weighted by atomic mass is 9.78. The molecule has 3 heterocycles. The topological polar surface area (TPSA) is 60.0 Å². The monoisotopic (exact) mass is 391 g/mol. The molecule has 2 aromatic heterocycles. The van der Waals surface area contributed by atoms with Gasteiger partial charge in [-0.2, -0.15) is 0 Å². The highest BCUT2D eigenvalue weighted by molar-refractivity contribution is 5.78. The van der Waals surface area contributed by atoms with Gasteiger partial charge in [-0.15, -0.1) is 0 Å². The van der Waals surface area contributed by atoms with Gasteiger partial charge in [0, 0.05) is 28.9 Å². The quantitative estimate of drug-likeness (QED) is 0.635. The Morgan fingerprint density at radius 2 is 1.72 bits per heavy atom. The Balaban J connectivity index is 1.47. The molecule has 148 valence electrons. The third-order valence-corrected chi connectivity index (χ3v) is 5.67. The van der Waals surface area contributed by atoms with E-state index in [2.05, 4.69) is 22.1 Å². The Kier molecular flexibility index (Phi) is 4.73. The van der Waals surface area contributed by atoms with Crippen molar-refractivity contribution in [1.29, 1.82) is 0 Å². The molecule has 1 saturated heterocycles. The number of aromatic amines is 1. The van der Waals surface area contributed by atoms with E-state index in [-0.39, 0.29) is 11.2 Å². The van der Waals surface area contributed by atoms with Crippen LogP contribution in [0, 0.1) is 11.2 Å². The van der Waals surface area contributed by atoms with Crippen molar-refractivity contribution in [3.63, 3.8) is 0 Å². The number of pyridine rings is 1. The fraction of sp³-hybridized carbons (Fsp3) is 0.304. The van der Waals surface area contributed by atoms with E-state index in [4.69, 9.17) is 14.5 Å². The number of hydrogen-bond donors (Lipinski definition) is 1. The van der Waals surface area contributed by atoms with Gasteiger partial charge in [0.25, 0.3) is 0 Å². The zero-order valence-electron chi connectivity index (χ0n) is 16.0. The lowest BCUT2D eigenvalue weighted by Gasteiger charge is -2.40. The molecule has 0 amide bonds. The SMILES string of the molecule is Fc1ccc(-c2nc(C3OCC4(CC=CCC4)CO3)[nH]c2-c2ccncc2)cc1. The van der Waals surface area contributed by atoms with Gasteiger partial charge < -0.3 is 14.5 Å².